The first kappa shape index (κ1) is 13.9. The highest BCUT2D eigenvalue weighted by Gasteiger charge is 2.17. The summed E-state index contributed by atoms with van der Waals surface area (Å²) in [6, 6.07) is 1.06. The predicted molar refractivity (Wildman–Crippen MR) is 69.5 cm³/mol. The standard InChI is InChI=1S/C10H4Br2F2N4O/c11-5-3-16-9(7(12)17-5)18-10(19)4-1-2-15-8(14)6(4)13/h1-3H,(H,16,18,19). The van der Waals surface area contributed by atoms with Gasteiger partial charge in [0.05, 0.1) is 11.8 Å². The maximum Gasteiger partial charge on any atom is 0.260 e. The van der Waals surface area contributed by atoms with Crippen LogP contribution in [0.5, 0.6) is 0 Å². The molecule has 0 saturated heterocycles. The third-order valence-corrected chi connectivity index (χ3v) is 2.96. The van der Waals surface area contributed by atoms with E-state index in [1.165, 1.54) is 6.20 Å². The van der Waals surface area contributed by atoms with Crippen molar-refractivity contribution in [2.24, 2.45) is 0 Å². The Morgan fingerprint density at radius 1 is 1.26 bits per heavy atom. The van der Waals surface area contributed by atoms with Crippen LogP contribution in [0.4, 0.5) is 14.6 Å². The first-order valence-electron chi connectivity index (χ1n) is 4.78. The molecular formula is C10H4Br2F2N4O. The summed E-state index contributed by atoms with van der Waals surface area (Å²) in [5.41, 5.74) is -0.468. The molecular weight excluding hydrogens is 390 g/mol. The highest BCUT2D eigenvalue weighted by atomic mass is 79.9. The van der Waals surface area contributed by atoms with Gasteiger partial charge in [0.2, 0.25) is 5.95 Å². The van der Waals surface area contributed by atoms with Gasteiger partial charge in [0.15, 0.2) is 11.6 Å². The molecule has 0 atom stereocenters. The maximum absolute atomic E-state index is 13.4. The molecule has 0 fully saturated rings. The zero-order valence-corrected chi connectivity index (χ0v) is 12.2. The van der Waals surface area contributed by atoms with Crippen LogP contribution in [0, 0.1) is 11.8 Å². The molecule has 1 amide bonds. The average Bonchev–Trinajstić information content (AvgIpc) is 2.36. The van der Waals surface area contributed by atoms with Crippen molar-refractivity contribution >= 4 is 43.6 Å². The van der Waals surface area contributed by atoms with Crippen molar-refractivity contribution < 1.29 is 13.6 Å². The van der Waals surface area contributed by atoms with E-state index in [1.807, 2.05) is 0 Å². The van der Waals surface area contributed by atoms with Gasteiger partial charge in [0, 0.05) is 6.20 Å². The smallest absolute Gasteiger partial charge is 0.260 e. The van der Waals surface area contributed by atoms with Crippen LogP contribution in [-0.2, 0) is 0 Å². The van der Waals surface area contributed by atoms with Gasteiger partial charge in [0.1, 0.15) is 9.21 Å². The molecule has 5 nitrogen and oxygen atoms in total. The van der Waals surface area contributed by atoms with Crippen molar-refractivity contribution in [2.45, 2.75) is 0 Å². The summed E-state index contributed by atoms with van der Waals surface area (Å²) >= 11 is 6.18. The number of anilines is 1. The van der Waals surface area contributed by atoms with Crippen molar-refractivity contribution in [1.29, 1.82) is 0 Å². The molecule has 2 rings (SSSR count). The molecule has 0 saturated carbocycles. The number of carbonyl (C=O) groups is 1. The minimum absolute atomic E-state index is 0.0878. The van der Waals surface area contributed by atoms with Crippen LogP contribution in [0.3, 0.4) is 0 Å². The van der Waals surface area contributed by atoms with Crippen LogP contribution < -0.4 is 5.32 Å². The van der Waals surface area contributed by atoms with E-state index >= 15 is 0 Å². The van der Waals surface area contributed by atoms with Crippen molar-refractivity contribution in [3.05, 3.63) is 45.0 Å². The van der Waals surface area contributed by atoms with Crippen molar-refractivity contribution in [3.63, 3.8) is 0 Å². The Morgan fingerprint density at radius 3 is 2.68 bits per heavy atom. The fourth-order valence-corrected chi connectivity index (χ4v) is 2.11. The van der Waals surface area contributed by atoms with Crippen molar-refractivity contribution in [3.8, 4) is 0 Å². The van der Waals surface area contributed by atoms with Gasteiger partial charge in [-0.25, -0.2) is 19.3 Å². The van der Waals surface area contributed by atoms with Gasteiger partial charge in [-0.2, -0.15) is 4.39 Å². The van der Waals surface area contributed by atoms with Crippen molar-refractivity contribution in [2.75, 3.05) is 5.32 Å². The summed E-state index contributed by atoms with van der Waals surface area (Å²) in [5, 5.41) is 2.31. The molecule has 9 heteroatoms. The molecule has 98 valence electrons. The first-order valence-corrected chi connectivity index (χ1v) is 6.37. The minimum atomic E-state index is -1.34. The molecule has 0 spiro atoms. The van der Waals surface area contributed by atoms with Gasteiger partial charge < -0.3 is 5.32 Å². The highest BCUT2D eigenvalue weighted by Crippen LogP contribution is 2.20. The molecule has 1 N–H and O–H groups in total. The summed E-state index contributed by atoms with van der Waals surface area (Å²) < 4.78 is 27.0. The molecule has 2 heterocycles. The van der Waals surface area contributed by atoms with Crippen LogP contribution >= 0.6 is 31.9 Å². The first-order chi connectivity index (χ1) is 8.99. The Labute approximate surface area is 122 Å². The van der Waals surface area contributed by atoms with Crippen LogP contribution in [0.2, 0.25) is 0 Å². The number of nitrogens with one attached hydrogen (secondary N) is 1. The number of carbonyl (C=O) groups excluding carboxylic acids is 1. The molecule has 0 aliphatic carbocycles. The summed E-state index contributed by atoms with van der Waals surface area (Å²) in [6.45, 7) is 0. The fraction of sp³-hybridized carbons (Fsp3) is 0. The second kappa shape index (κ2) is 5.66. The number of hydrogen-bond acceptors (Lipinski definition) is 4. The van der Waals surface area contributed by atoms with Gasteiger partial charge >= 0.3 is 0 Å². The number of nitrogens with zero attached hydrogens (tertiary/aromatic N) is 3. The largest absolute Gasteiger partial charge is 0.304 e. The second-order valence-corrected chi connectivity index (χ2v) is 4.81. The Morgan fingerprint density at radius 2 is 2.00 bits per heavy atom. The lowest BCUT2D eigenvalue weighted by molar-refractivity contribution is 0.102. The van der Waals surface area contributed by atoms with Gasteiger partial charge in [-0.1, -0.05) is 0 Å². The molecule has 2 aromatic rings. The number of hydrogen-bond donors (Lipinski definition) is 1. The second-order valence-electron chi connectivity index (χ2n) is 3.25. The molecule has 0 unspecified atom stereocenters. The van der Waals surface area contributed by atoms with E-state index in [9.17, 15) is 13.6 Å². The van der Waals surface area contributed by atoms with Gasteiger partial charge in [-0.3, -0.25) is 4.79 Å². The Hall–Kier alpha value is -1.48. The Balaban J connectivity index is 2.28. The molecule has 0 aliphatic heterocycles. The quantitative estimate of drug-likeness (QED) is 0.796. The van der Waals surface area contributed by atoms with E-state index in [0.29, 0.717) is 4.60 Å². The summed E-state index contributed by atoms with van der Waals surface area (Å²) in [5.74, 6) is -3.42. The molecule has 0 aliphatic rings. The zero-order chi connectivity index (χ0) is 14.0. The normalized spacial score (nSPS) is 10.3. The molecule has 0 bridgehead atoms. The SMILES string of the molecule is O=C(Nc1ncc(Br)nc1Br)c1ccnc(F)c1F. The molecule has 0 aromatic carbocycles. The van der Waals surface area contributed by atoms with E-state index in [4.69, 9.17) is 0 Å². The van der Waals surface area contributed by atoms with Crippen LogP contribution in [0.15, 0.2) is 27.7 Å². The Bertz CT molecular complexity index is 653. The third kappa shape index (κ3) is 3.10. The zero-order valence-electron chi connectivity index (χ0n) is 8.99. The van der Waals surface area contributed by atoms with E-state index in [-0.39, 0.29) is 10.4 Å². The third-order valence-electron chi connectivity index (χ3n) is 2.02. The maximum atomic E-state index is 13.4. The van der Waals surface area contributed by atoms with Gasteiger partial charge in [-0.15, -0.1) is 0 Å². The fourth-order valence-electron chi connectivity index (χ4n) is 1.20. The minimum Gasteiger partial charge on any atom is -0.304 e. The molecule has 0 radical (unpaired) electrons. The predicted octanol–water partition coefficient (Wildman–Crippen LogP) is 2.93. The summed E-state index contributed by atoms with van der Waals surface area (Å²) in [4.78, 5) is 22.7. The highest BCUT2D eigenvalue weighted by molar-refractivity contribution is 9.11. The lowest BCUT2D eigenvalue weighted by atomic mass is 10.2. The van der Waals surface area contributed by atoms with Crippen molar-refractivity contribution in [1.82, 2.24) is 15.0 Å². The number of halogens is 4. The number of rotatable bonds is 2. The van der Waals surface area contributed by atoms with Crippen LogP contribution in [-0.4, -0.2) is 20.9 Å². The molecule has 19 heavy (non-hydrogen) atoms. The molecule has 2 aromatic heterocycles. The number of aromatic nitrogens is 3. The Kier molecular flexibility index (Phi) is 4.15. The van der Waals surface area contributed by atoms with Crippen LogP contribution in [0.1, 0.15) is 10.4 Å². The van der Waals surface area contributed by atoms with Crippen LogP contribution in [0.25, 0.3) is 0 Å². The topological polar surface area (TPSA) is 67.8 Å². The van der Waals surface area contributed by atoms with Gasteiger partial charge in [-0.05, 0) is 37.9 Å². The van der Waals surface area contributed by atoms with E-state index in [1.54, 1.807) is 0 Å². The lowest BCUT2D eigenvalue weighted by Crippen LogP contribution is -2.16. The summed E-state index contributed by atoms with van der Waals surface area (Å²) in [6.07, 6.45) is 2.35. The van der Waals surface area contributed by atoms with Gasteiger partial charge in [0.25, 0.3) is 5.91 Å². The average molecular weight is 394 g/mol. The number of amides is 1. The monoisotopic (exact) mass is 392 g/mol. The van der Waals surface area contributed by atoms with E-state index < -0.39 is 23.2 Å². The van der Waals surface area contributed by atoms with E-state index in [2.05, 4.69) is 52.1 Å². The summed E-state index contributed by atoms with van der Waals surface area (Å²) in [7, 11) is 0. The van der Waals surface area contributed by atoms with E-state index in [0.717, 1.165) is 12.3 Å². The lowest BCUT2D eigenvalue weighted by Gasteiger charge is -2.06. The number of pyridine rings is 1.